The number of carbonyl (C=O) groups is 1. The van der Waals surface area contributed by atoms with Gasteiger partial charge in [0.05, 0.1) is 18.2 Å². The third-order valence-corrected chi connectivity index (χ3v) is 3.97. The summed E-state index contributed by atoms with van der Waals surface area (Å²) in [4.78, 5) is 12.2. The summed E-state index contributed by atoms with van der Waals surface area (Å²) >= 11 is 0. The zero-order valence-corrected chi connectivity index (χ0v) is 12.5. The molecule has 1 aliphatic rings. The molecule has 7 nitrogen and oxygen atoms in total. The Morgan fingerprint density at radius 3 is 2.95 bits per heavy atom. The largest absolute Gasteiger partial charge is 0.390 e. The molecule has 2 amide bonds. The number of aliphatic hydroxyl groups is 1. The molecule has 0 fully saturated rings. The molecular weight excluding hydrogens is 282 g/mol. The zero-order valence-electron chi connectivity index (χ0n) is 12.5. The fourth-order valence-corrected chi connectivity index (χ4v) is 2.88. The summed E-state index contributed by atoms with van der Waals surface area (Å²) in [7, 11) is 1.82. The lowest BCUT2D eigenvalue weighted by Gasteiger charge is -2.20. The van der Waals surface area contributed by atoms with Crippen LogP contribution in [0.2, 0.25) is 0 Å². The van der Waals surface area contributed by atoms with Gasteiger partial charge in [0.25, 0.3) is 0 Å². The Balaban J connectivity index is 1.66. The Kier molecular flexibility index (Phi) is 3.81. The van der Waals surface area contributed by atoms with Crippen molar-refractivity contribution >= 4 is 6.03 Å². The van der Waals surface area contributed by atoms with Gasteiger partial charge in [-0.05, 0) is 18.1 Å². The molecule has 0 aliphatic heterocycles. The molecule has 22 heavy (non-hydrogen) atoms. The summed E-state index contributed by atoms with van der Waals surface area (Å²) in [5.41, 5.74) is 2.04. The molecule has 0 bridgehead atoms. The van der Waals surface area contributed by atoms with Crippen LogP contribution in [0.15, 0.2) is 30.6 Å². The first-order chi connectivity index (χ1) is 10.6. The van der Waals surface area contributed by atoms with E-state index in [1.54, 1.807) is 10.9 Å². The Morgan fingerprint density at radius 1 is 1.45 bits per heavy atom. The normalized spacial score (nSPS) is 21.2. The predicted molar refractivity (Wildman–Crippen MR) is 80.0 cm³/mol. The number of carbonyl (C=O) groups excluding carboxylic acids is 1. The number of benzene rings is 1. The van der Waals surface area contributed by atoms with Crippen molar-refractivity contribution in [3.05, 3.63) is 47.5 Å². The van der Waals surface area contributed by atoms with Crippen LogP contribution in [0, 0.1) is 0 Å². The van der Waals surface area contributed by atoms with Gasteiger partial charge in [0.1, 0.15) is 6.33 Å². The van der Waals surface area contributed by atoms with Crippen LogP contribution < -0.4 is 10.6 Å². The number of aromatic nitrogens is 3. The number of hydrogen-bond acceptors (Lipinski definition) is 4. The molecule has 3 atom stereocenters. The molecule has 1 aliphatic carbocycles. The lowest BCUT2D eigenvalue weighted by atomic mass is 10.1. The summed E-state index contributed by atoms with van der Waals surface area (Å²) in [5, 5.41) is 23.6. The maximum Gasteiger partial charge on any atom is 0.315 e. The van der Waals surface area contributed by atoms with Crippen molar-refractivity contribution in [1.29, 1.82) is 0 Å². The number of hydrogen-bond donors (Lipinski definition) is 3. The molecule has 1 aromatic carbocycles. The maximum absolute atomic E-state index is 12.2. The molecule has 1 heterocycles. The number of aliphatic hydroxyl groups excluding tert-OH is 1. The first-order valence-electron chi connectivity index (χ1n) is 7.23. The van der Waals surface area contributed by atoms with Crippen molar-refractivity contribution in [3.8, 4) is 0 Å². The second kappa shape index (κ2) is 5.76. The highest BCUT2D eigenvalue weighted by atomic mass is 16.3. The van der Waals surface area contributed by atoms with Crippen LogP contribution in [0.5, 0.6) is 0 Å². The van der Waals surface area contributed by atoms with Gasteiger partial charge >= 0.3 is 6.03 Å². The molecule has 1 unspecified atom stereocenters. The van der Waals surface area contributed by atoms with E-state index in [1.165, 1.54) is 0 Å². The fourth-order valence-electron chi connectivity index (χ4n) is 2.88. The van der Waals surface area contributed by atoms with E-state index < -0.39 is 6.10 Å². The SMILES string of the molecule is CC(NC(=O)N[C@H]1c2ccccc2C[C@H]1O)c1nncn1C. The molecule has 0 saturated heterocycles. The van der Waals surface area contributed by atoms with E-state index in [2.05, 4.69) is 20.8 Å². The van der Waals surface area contributed by atoms with Crippen molar-refractivity contribution in [2.45, 2.75) is 31.5 Å². The number of urea groups is 1. The number of nitrogens with one attached hydrogen (secondary N) is 2. The minimum atomic E-state index is -0.603. The van der Waals surface area contributed by atoms with Gasteiger partial charge in [-0.25, -0.2) is 4.79 Å². The number of amides is 2. The summed E-state index contributed by atoms with van der Waals surface area (Å²) in [6, 6.07) is 6.75. The van der Waals surface area contributed by atoms with Gasteiger partial charge in [-0.15, -0.1) is 10.2 Å². The summed E-state index contributed by atoms with van der Waals surface area (Å²) in [6.07, 6.45) is 1.54. The molecular formula is C15H19N5O2. The summed E-state index contributed by atoms with van der Waals surface area (Å²) in [6.45, 7) is 1.84. The molecule has 0 saturated carbocycles. The van der Waals surface area contributed by atoms with Crippen LogP contribution in [0.25, 0.3) is 0 Å². The van der Waals surface area contributed by atoms with Crippen LogP contribution in [-0.4, -0.2) is 32.0 Å². The van der Waals surface area contributed by atoms with E-state index in [4.69, 9.17) is 0 Å². The van der Waals surface area contributed by atoms with Crippen LogP contribution in [-0.2, 0) is 13.5 Å². The van der Waals surface area contributed by atoms with Crippen LogP contribution >= 0.6 is 0 Å². The first kappa shape index (κ1) is 14.5. The summed E-state index contributed by atoms with van der Waals surface area (Å²) in [5.74, 6) is 0.669. The average molecular weight is 301 g/mol. The number of aryl methyl sites for hydroxylation is 1. The van der Waals surface area contributed by atoms with Gasteiger partial charge in [0.2, 0.25) is 0 Å². The third kappa shape index (κ3) is 2.67. The van der Waals surface area contributed by atoms with Crippen molar-refractivity contribution in [2.75, 3.05) is 0 Å². The highest BCUT2D eigenvalue weighted by Crippen LogP contribution is 2.31. The molecule has 3 rings (SSSR count). The molecule has 7 heteroatoms. The smallest absolute Gasteiger partial charge is 0.315 e. The molecule has 3 N–H and O–H groups in total. The monoisotopic (exact) mass is 301 g/mol. The fraction of sp³-hybridized carbons (Fsp3) is 0.400. The average Bonchev–Trinajstić information content (AvgIpc) is 3.03. The molecule has 0 radical (unpaired) electrons. The van der Waals surface area contributed by atoms with E-state index in [0.29, 0.717) is 12.2 Å². The lowest BCUT2D eigenvalue weighted by Crippen LogP contribution is -2.42. The highest BCUT2D eigenvalue weighted by molar-refractivity contribution is 5.75. The van der Waals surface area contributed by atoms with E-state index in [9.17, 15) is 9.90 Å². The second-order valence-corrected chi connectivity index (χ2v) is 5.59. The van der Waals surface area contributed by atoms with Gasteiger partial charge in [-0.2, -0.15) is 0 Å². The number of nitrogens with zero attached hydrogens (tertiary/aromatic N) is 3. The molecule has 0 spiro atoms. The van der Waals surface area contributed by atoms with Gasteiger partial charge < -0.3 is 20.3 Å². The summed E-state index contributed by atoms with van der Waals surface area (Å²) < 4.78 is 1.75. The standard InChI is InChI=1S/C15H19N5O2/c1-9(14-19-16-8-20(14)2)17-15(22)18-13-11-6-4-3-5-10(11)7-12(13)21/h3-6,8-9,12-13,21H,7H2,1-2H3,(H2,17,18,22)/t9?,12-,13+/m1/s1. The zero-order chi connectivity index (χ0) is 15.7. The highest BCUT2D eigenvalue weighted by Gasteiger charge is 2.32. The van der Waals surface area contributed by atoms with Gasteiger partial charge in [-0.3, -0.25) is 0 Å². The van der Waals surface area contributed by atoms with E-state index in [0.717, 1.165) is 11.1 Å². The maximum atomic E-state index is 12.2. The van der Waals surface area contributed by atoms with Crippen molar-refractivity contribution in [2.24, 2.45) is 7.05 Å². The van der Waals surface area contributed by atoms with Gasteiger partial charge in [0.15, 0.2) is 5.82 Å². The first-order valence-corrected chi connectivity index (χ1v) is 7.23. The minimum absolute atomic E-state index is 0.277. The Labute approximate surface area is 128 Å². The van der Waals surface area contributed by atoms with Gasteiger partial charge in [-0.1, -0.05) is 24.3 Å². The van der Waals surface area contributed by atoms with Crippen molar-refractivity contribution < 1.29 is 9.90 Å². The Morgan fingerprint density at radius 2 is 2.23 bits per heavy atom. The van der Waals surface area contributed by atoms with Crippen LogP contribution in [0.3, 0.4) is 0 Å². The Bertz CT molecular complexity index is 684. The third-order valence-electron chi connectivity index (χ3n) is 3.97. The topological polar surface area (TPSA) is 92.1 Å². The molecule has 116 valence electrons. The number of rotatable bonds is 3. The molecule has 1 aromatic heterocycles. The van der Waals surface area contributed by atoms with Crippen LogP contribution in [0.1, 0.15) is 36.0 Å². The van der Waals surface area contributed by atoms with E-state index in [1.807, 2.05) is 38.2 Å². The van der Waals surface area contributed by atoms with Crippen LogP contribution in [0.4, 0.5) is 4.79 Å². The van der Waals surface area contributed by atoms with E-state index in [-0.39, 0.29) is 18.1 Å². The number of fused-ring (bicyclic) bond motifs is 1. The Hall–Kier alpha value is -2.41. The lowest BCUT2D eigenvalue weighted by molar-refractivity contribution is 0.142. The van der Waals surface area contributed by atoms with Crippen molar-refractivity contribution in [3.63, 3.8) is 0 Å². The minimum Gasteiger partial charge on any atom is -0.390 e. The predicted octanol–water partition coefficient (Wildman–Crippen LogP) is 0.834. The van der Waals surface area contributed by atoms with E-state index >= 15 is 0 Å². The second-order valence-electron chi connectivity index (χ2n) is 5.59. The van der Waals surface area contributed by atoms with Crippen molar-refractivity contribution in [1.82, 2.24) is 25.4 Å². The van der Waals surface area contributed by atoms with Gasteiger partial charge in [0, 0.05) is 13.5 Å². The molecule has 2 aromatic rings. The quantitative estimate of drug-likeness (QED) is 0.783.